The summed E-state index contributed by atoms with van der Waals surface area (Å²) >= 11 is 3.44. The molecule has 1 aromatic carbocycles. The van der Waals surface area contributed by atoms with Gasteiger partial charge in [0.2, 0.25) is 0 Å². The molecule has 0 saturated carbocycles. The number of nitrogens with one attached hydrogen (secondary N) is 1. The molecule has 1 rings (SSSR count). The van der Waals surface area contributed by atoms with E-state index in [0.29, 0.717) is 16.9 Å². The minimum atomic E-state index is -0.329. The van der Waals surface area contributed by atoms with Crippen LogP contribution in [0.1, 0.15) is 30.1 Å². The molecule has 0 radical (unpaired) electrons. The van der Waals surface area contributed by atoms with E-state index in [9.17, 15) is 9.18 Å². The predicted molar refractivity (Wildman–Crippen MR) is 66.4 cm³/mol. The van der Waals surface area contributed by atoms with Gasteiger partial charge in [0, 0.05) is 16.9 Å². The third-order valence-electron chi connectivity index (χ3n) is 2.17. The smallest absolute Gasteiger partial charge is 0.251 e. The number of carbonyl (C=O) groups excluding carboxylic acids is 1. The summed E-state index contributed by atoms with van der Waals surface area (Å²) in [5.41, 5.74) is 0.494. The first-order chi connectivity index (χ1) is 7.59. The average Bonchev–Trinajstić information content (AvgIpc) is 2.25. The first-order valence-corrected chi connectivity index (χ1v) is 6.19. The molecule has 0 fully saturated rings. The number of amides is 1. The van der Waals surface area contributed by atoms with E-state index in [0.717, 1.165) is 12.8 Å². The van der Waals surface area contributed by atoms with Gasteiger partial charge in [-0.15, -0.1) is 0 Å². The Balaban J connectivity index is 2.32. The van der Waals surface area contributed by atoms with Crippen LogP contribution in [0.15, 0.2) is 24.3 Å². The van der Waals surface area contributed by atoms with Crippen LogP contribution in [-0.4, -0.2) is 17.3 Å². The Morgan fingerprint density at radius 3 is 2.62 bits per heavy atom. The lowest BCUT2D eigenvalue weighted by molar-refractivity contribution is 0.0953. The quantitative estimate of drug-likeness (QED) is 0.654. The van der Waals surface area contributed by atoms with Gasteiger partial charge in [-0.2, -0.15) is 0 Å². The average molecular weight is 288 g/mol. The van der Waals surface area contributed by atoms with Crippen molar-refractivity contribution < 1.29 is 9.18 Å². The zero-order valence-electron chi connectivity index (χ0n) is 9.17. The van der Waals surface area contributed by atoms with Gasteiger partial charge in [0.1, 0.15) is 5.82 Å². The molecule has 0 heterocycles. The summed E-state index contributed by atoms with van der Waals surface area (Å²) in [6, 6.07) is 5.54. The Bertz CT molecular complexity index is 337. The summed E-state index contributed by atoms with van der Waals surface area (Å²) in [4.78, 5) is 12.0. The third kappa shape index (κ3) is 4.75. The van der Waals surface area contributed by atoms with Crippen LogP contribution in [0.4, 0.5) is 4.39 Å². The predicted octanol–water partition coefficient (Wildman–Crippen LogP) is 3.12. The van der Waals surface area contributed by atoms with Gasteiger partial charge in [-0.05, 0) is 37.1 Å². The van der Waals surface area contributed by atoms with Crippen molar-refractivity contribution in [3.63, 3.8) is 0 Å². The van der Waals surface area contributed by atoms with Gasteiger partial charge in [0.25, 0.3) is 5.91 Å². The molecule has 88 valence electrons. The largest absolute Gasteiger partial charge is 0.352 e. The zero-order chi connectivity index (χ0) is 12.0. The number of carbonyl (C=O) groups is 1. The molecule has 0 aliphatic carbocycles. The number of benzene rings is 1. The molecule has 1 amide bonds. The lowest BCUT2D eigenvalue weighted by atomic mass is 10.2. The highest BCUT2D eigenvalue weighted by Gasteiger charge is 2.04. The van der Waals surface area contributed by atoms with Gasteiger partial charge in [-0.3, -0.25) is 4.79 Å². The molecular weight excluding hydrogens is 273 g/mol. The summed E-state index contributed by atoms with van der Waals surface area (Å²) in [5.74, 6) is -0.480. The first-order valence-electron chi connectivity index (χ1n) is 5.27. The number of rotatable bonds is 5. The fraction of sp³-hybridized carbons (Fsp3) is 0.417. The zero-order valence-corrected chi connectivity index (χ0v) is 10.8. The number of alkyl halides is 1. The molecular formula is C12H15BrFNO. The van der Waals surface area contributed by atoms with Gasteiger partial charge in [-0.25, -0.2) is 4.39 Å². The molecule has 0 aliphatic rings. The number of hydrogen-bond donors (Lipinski definition) is 1. The van der Waals surface area contributed by atoms with Crippen molar-refractivity contribution in [1.82, 2.24) is 5.32 Å². The molecule has 4 heteroatoms. The van der Waals surface area contributed by atoms with Gasteiger partial charge in [0.15, 0.2) is 0 Å². The first kappa shape index (κ1) is 13.2. The van der Waals surface area contributed by atoms with E-state index in [1.165, 1.54) is 24.3 Å². The molecule has 1 atom stereocenters. The lowest BCUT2D eigenvalue weighted by Gasteiger charge is -2.06. The molecule has 0 saturated heterocycles. The molecule has 1 unspecified atom stereocenters. The Kier molecular flexibility index (Phi) is 5.46. The Morgan fingerprint density at radius 1 is 1.44 bits per heavy atom. The van der Waals surface area contributed by atoms with Crippen LogP contribution in [0.5, 0.6) is 0 Å². The Morgan fingerprint density at radius 2 is 2.06 bits per heavy atom. The highest BCUT2D eigenvalue weighted by Crippen LogP contribution is 2.06. The fourth-order valence-corrected chi connectivity index (χ4v) is 1.61. The molecule has 2 nitrogen and oxygen atoms in total. The van der Waals surface area contributed by atoms with Gasteiger partial charge in [0.05, 0.1) is 0 Å². The van der Waals surface area contributed by atoms with Crippen molar-refractivity contribution in [2.24, 2.45) is 0 Å². The molecule has 16 heavy (non-hydrogen) atoms. The summed E-state index contributed by atoms with van der Waals surface area (Å²) in [6.07, 6.45) is 1.95. The SMILES string of the molecule is CC(Br)CCCNC(=O)c1ccc(F)cc1. The molecule has 1 N–H and O–H groups in total. The fourth-order valence-electron chi connectivity index (χ4n) is 1.29. The van der Waals surface area contributed by atoms with Crippen molar-refractivity contribution in [1.29, 1.82) is 0 Å². The van der Waals surface area contributed by atoms with Crippen LogP contribution in [0.3, 0.4) is 0 Å². The monoisotopic (exact) mass is 287 g/mol. The maximum atomic E-state index is 12.6. The van der Waals surface area contributed by atoms with Crippen LogP contribution in [0.2, 0.25) is 0 Å². The molecule has 0 spiro atoms. The molecule has 1 aromatic rings. The summed E-state index contributed by atoms with van der Waals surface area (Å²) in [6.45, 7) is 2.72. The van der Waals surface area contributed by atoms with E-state index in [2.05, 4.69) is 28.2 Å². The van der Waals surface area contributed by atoms with Gasteiger partial charge in [-0.1, -0.05) is 22.9 Å². The Labute approximate surface area is 103 Å². The lowest BCUT2D eigenvalue weighted by Crippen LogP contribution is -2.24. The summed E-state index contributed by atoms with van der Waals surface area (Å²) < 4.78 is 12.6. The standard InChI is InChI=1S/C12H15BrFNO/c1-9(13)3-2-8-15-12(16)10-4-6-11(14)7-5-10/h4-7,9H,2-3,8H2,1H3,(H,15,16). The van der Waals surface area contributed by atoms with E-state index >= 15 is 0 Å². The van der Waals surface area contributed by atoms with E-state index < -0.39 is 0 Å². The molecule has 0 aliphatic heterocycles. The topological polar surface area (TPSA) is 29.1 Å². The highest BCUT2D eigenvalue weighted by atomic mass is 79.9. The van der Waals surface area contributed by atoms with Crippen molar-refractivity contribution in [3.05, 3.63) is 35.6 Å². The van der Waals surface area contributed by atoms with E-state index in [-0.39, 0.29) is 11.7 Å². The minimum Gasteiger partial charge on any atom is -0.352 e. The normalized spacial score (nSPS) is 12.2. The van der Waals surface area contributed by atoms with Gasteiger partial charge < -0.3 is 5.32 Å². The van der Waals surface area contributed by atoms with Crippen molar-refractivity contribution in [2.75, 3.05) is 6.54 Å². The second-order valence-electron chi connectivity index (χ2n) is 3.69. The maximum Gasteiger partial charge on any atom is 0.251 e. The second-order valence-corrected chi connectivity index (χ2v) is 5.25. The number of halogens is 2. The van der Waals surface area contributed by atoms with Crippen molar-refractivity contribution >= 4 is 21.8 Å². The van der Waals surface area contributed by atoms with E-state index in [4.69, 9.17) is 0 Å². The van der Waals surface area contributed by atoms with E-state index in [1.54, 1.807) is 0 Å². The maximum absolute atomic E-state index is 12.6. The highest BCUT2D eigenvalue weighted by molar-refractivity contribution is 9.09. The van der Waals surface area contributed by atoms with Crippen molar-refractivity contribution in [2.45, 2.75) is 24.6 Å². The van der Waals surface area contributed by atoms with Crippen LogP contribution in [0, 0.1) is 5.82 Å². The molecule has 0 aromatic heterocycles. The minimum absolute atomic E-state index is 0.151. The summed E-state index contributed by atoms with van der Waals surface area (Å²) in [5, 5.41) is 2.79. The molecule has 0 bridgehead atoms. The van der Waals surface area contributed by atoms with Crippen LogP contribution in [0.25, 0.3) is 0 Å². The van der Waals surface area contributed by atoms with Crippen LogP contribution < -0.4 is 5.32 Å². The second kappa shape index (κ2) is 6.63. The third-order valence-corrected chi connectivity index (χ3v) is 2.63. The van der Waals surface area contributed by atoms with E-state index in [1.807, 2.05) is 0 Å². The summed E-state index contributed by atoms with van der Waals surface area (Å²) in [7, 11) is 0. The van der Waals surface area contributed by atoms with Gasteiger partial charge >= 0.3 is 0 Å². The van der Waals surface area contributed by atoms with Crippen LogP contribution in [-0.2, 0) is 0 Å². The Hall–Kier alpha value is -0.900. The van der Waals surface area contributed by atoms with Crippen LogP contribution >= 0.6 is 15.9 Å². The number of hydrogen-bond acceptors (Lipinski definition) is 1. The van der Waals surface area contributed by atoms with Crippen molar-refractivity contribution in [3.8, 4) is 0 Å².